The van der Waals surface area contributed by atoms with E-state index in [1.807, 2.05) is 6.92 Å². The summed E-state index contributed by atoms with van der Waals surface area (Å²) in [6, 6.07) is 0.120. The molecule has 1 heterocycles. The summed E-state index contributed by atoms with van der Waals surface area (Å²) in [6.45, 7) is 2.56. The van der Waals surface area contributed by atoms with Gasteiger partial charge in [-0.15, -0.1) is 0 Å². The Morgan fingerprint density at radius 2 is 2.58 bits per heavy atom. The molecule has 68 valence electrons. The standard InChI is InChI=1S/C6H11N3O2S/c1-4-2-7-8-6(12)9(4)3-5(10)11/h4,7H,2-3H2,1H3,(H,8,12)(H,10,11). The van der Waals surface area contributed by atoms with Gasteiger partial charge in [-0.3, -0.25) is 10.2 Å². The Hall–Kier alpha value is -0.880. The van der Waals surface area contributed by atoms with Crippen LogP contribution in [-0.2, 0) is 4.79 Å². The minimum Gasteiger partial charge on any atom is -0.480 e. The van der Waals surface area contributed by atoms with Crippen LogP contribution in [0.15, 0.2) is 0 Å². The maximum Gasteiger partial charge on any atom is 0.323 e. The van der Waals surface area contributed by atoms with Crippen LogP contribution in [0.1, 0.15) is 6.92 Å². The van der Waals surface area contributed by atoms with Gasteiger partial charge in [-0.25, -0.2) is 5.43 Å². The predicted molar refractivity (Wildman–Crippen MR) is 47.5 cm³/mol. The fourth-order valence-corrected chi connectivity index (χ4v) is 1.35. The first-order valence-corrected chi connectivity index (χ1v) is 4.03. The molecular weight excluding hydrogens is 178 g/mol. The predicted octanol–water partition coefficient (Wildman–Crippen LogP) is -0.846. The van der Waals surface area contributed by atoms with Gasteiger partial charge in [0, 0.05) is 12.6 Å². The topological polar surface area (TPSA) is 64.6 Å². The number of carbonyl (C=O) groups is 1. The maximum absolute atomic E-state index is 10.4. The highest BCUT2D eigenvalue weighted by Gasteiger charge is 2.22. The van der Waals surface area contributed by atoms with Gasteiger partial charge in [0.25, 0.3) is 0 Å². The Labute approximate surface area is 75.7 Å². The second-order valence-corrected chi connectivity index (χ2v) is 3.07. The molecule has 0 saturated carbocycles. The van der Waals surface area contributed by atoms with Crippen molar-refractivity contribution in [1.82, 2.24) is 15.8 Å². The largest absolute Gasteiger partial charge is 0.480 e. The molecule has 12 heavy (non-hydrogen) atoms. The first-order valence-electron chi connectivity index (χ1n) is 3.62. The second-order valence-electron chi connectivity index (χ2n) is 2.68. The van der Waals surface area contributed by atoms with Crippen LogP contribution in [0.2, 0.25) is 0 Å². The molecule has 0 amide bonds. The maximum atomic E-state index is 10.4. The average molecular weight is 189 g/mol. The smallest absolute Gasteiger partial charge is 0.323 e. The third-order valence-corrected chi connectivity index (χ3v) is 2.03. The summed E-state index contributed by atoms with van der Waals surface area (Å²) in [5.74, 6) is -0.868. The molecule has 0 aromatic rings. The highest BCUT2D eigenvalue weighted by Crippen LogP contribution is 2.01. The molecule has 6 heteroatoms. The molecule has 1 fully saturated rings. The van der Waals surface area contributed by atoms with Crippen LogP contribution < -0.4 is 10.9 Å². The van der Waals surface area contributed by atoms with Crippen molar-refractivity contribution in [1.29, 1.82) is 0 Å². The quantitative estimate of drug-likeness (QED) is 0.492. The summed E-state index contributed by atoms with van der Waals surface area (Å²) < 4.78 is 0. The van der Waals surface area contributed by atoms with Gasteiger partial charge in [0.2, 0.25) is 0 Å². The average Bonchev–Trinajstić information content (AvgIpc) is 1.97. The van der Waals surface area contributed by atoms with Crippen molar-refractivity contribution in [2.75, 3.05) is 13.1 Å². The number of rotatable bonds is 2. The normalized spacial score (nSPS) is 23.6. The summed E-state index contributed by atoms with van der Waals surface area (Å²) in [5.41, 5.74) is 5.57. The van der Waals surface area contributed by atoms with E-state index in [2.05, 4.69) is 10.9 Å². The van der Waals surface area contributed by atoms with Gasteiger partial charge in [0.1, 0.15) is 6.54 Å². The van der Waals surface area contributed by atoms with Crippen molar-refractivity contribution in [3.05, 3.63) is 0 Å². The van der Waals surface area contributed by atoms with E-state index in [0.717, 1.165) is 0 Å². The molecule has 5 nitrogen and oxygen atoms in total. The SMILES string of the molecule is CC1CNNC(=S)N1CC(=O)O. The van der Waals surface area contributed by atoms with E-state index < -0.39 is 5.97 Å². The second kappa shape index (κ2) is 3.68. The molecule has 0 aliphatic carbocycles. The Morgan fingerprint density at radius 1 is 1.92 bits per heavy atom. The van der Waals surface area contributed by atoms with Crippen molar-refractivity contribution >= 4 is 23.3 Å². The number of aliphatic carboxylic acids is 1. The van der Waals surface area contributed by atoms with E-state index in [9.17, 15) is 4.79 Å². The summed E-state index contributed by atoms with van der Waals surface area (Å²) in [4.78, 5) is 12.0. The third kappa shape index (κ3) is 2.05. The van der Waals surface area contributed by atoms with Crippen LogP contribution in [0.4, 0.5) is 0 Å². The molecule has 0 spiro atoms. The molecule has 1 atom stereocenters. The van der Waals surface area contributed by atoms with Crippen LogP contribution in [0.25, 0.3) is 0 Å². The molecule has 1 saturated heterocycles. The third-order valence-electron chi connectivity index (χ3n) is 1.69. The lowest BCUT2D eigenvalue weighted by Gasteiger charge is -2.35. The van der Waals surface area contributed by atoms with Gasteiger partial charge >= 0.3 is 5.97 Å². The first kappa shape index (κ1) is 9.21. The van der Waals surface area contributed by atoms with Gasteiger partial charge in [-0.05, 0) is 19.1 Å². The number of hydrazine groups is 1. The Bertz CT molecular complexity index is 209. The van der Waals surface area contributed by atoms with Crippen LogP contribution in [0, 0.1) is 0 Å². The van der Waals surface area contributed by atoms with Crippen molar-refractivity contribution in [2.24, 2.45) is 0 Å². The highest BCUT2D eigenvalue weighted by molar-refractivity contribution is 7.80. The number of hydrogen-bond donors (Lipinski definition) is 3. The Morgan fingerprint density at radius 3 is 3.08 bits per heavy atom. The number of hydrogen-bond acceptors (Lipinski definition) is 3. The lowest BCUT2D eigenvalue weighted by molar-refractivity contribution is -0.137. The van der Waals surface area contributed by atoms with Gasteiger partial charge < -0.3 is 10.0 Å². The van der Waals surface area contributed by atoms with Crippen LogP contribution in [0.5, 0.6) is 0 Å². The van der Waals surface area contributed by atoms with E-state index >= 15 is 0 Å². The fourth-order valence-electron chi connectivity index (χ4n) is 1.03. The molecule has 1 rings (SSSR count). The lowest BCUT2D eigenvalue weighted by atomic mass is 10.3. The lowest BCUT2D eigenvalue weighted by Crippen LogP contribution is -2.60. The fraction of sp³-hybridized carbons (Fsp3) is 0.667. The van der Waals surface area contributed by atoms with Crippen molar-refractivity contribution < 1.29 is 9.90 Å². The Balaban J connectivity index is 2.57. The summed E-state index contributed by atoms with van der Waals surface area (Å²) >= 11 is 4.91. The van der Waals surface area contributed by atoms with E-state index in [1.54, 1.807) is 4.90 Å². The van der Waals surface area contributed by atoms with Crippen molar-refractivity contribution in [2.45, 2.75) is 13.0 Å². The molecule has 3 N–H and O–H groups in total. The first-order chi connectivity index (χ1) is 5.61. The zero-order valence-electron chi connectivity index (χ0n) is 6.70. The molecule has 1 aliphatic rings. The monoisotopic (exact) mass is 189 g/mol. The molecule has 0 radical (unpaired) electrons. The molecule has 0 aromatic heterocycles. The minimum atomic E-state index is -0.868. The van der Waals surface area contributed by atoms with E-state index in [1.165, 1.54) is 0 Å². The minimum absolute atomic E-state index is 0.0469. The van der Waals surface area contributed by atoms with Crippen molar-refractivity contribution in [3.63, 3.8) is 0 Å². The van der Waals surface area contributed by atoms with Crippen LogP contribution >= 0.6 is 12.2 Å². The van der Waals surface area contributed by atoms with Gasteiger partial charge in [0.15, 0.2) is 5.11 Å². The van der Waals surface area contributed by atoms with E-state index in [4.69, 9.17) is 17.3 Å². The number of nitrogens with one attached hydrogen (secondary N) is 2. The van der Waals surface area contributed by atoms with Crippen molar-refractivity contribution in [3.8, 4) is 0 Å². The van der Waals surface area contributed by atoms with Crippen LogP contribution in [0.3, 0.4) is 0 Å². The van der Waals surface area contributed by atoms with E-state index in [-0.39, 0.29) is 12.6 Å². The molecular formula is C6H11N3O2S. The van der Waals surface area contributed by atoms with Gasteiger partial charge in [-0.1, -0.05) is 0 Å². The van der Waals surface area contributed by atoms with E-state index in [0.29, 0.717) is 11.7 Å². The number of carboxylic acid groups (broad SMARTS) is 1. The summed E-state index contributed by atoms with van der Waals surface area (Å²) in [5, 5.41) is 8.99. The molecule has 1 unspecified atom stereocenters. The number of carboxylic acids is 1. The molecule has 0 aromatic carbocycles. The summed E-state index contributed by atoms with van der Waals surface area (Å²) in [6.07, 6.45) is 0. The van der Waals surface area contributed by atoms with Gasteiger partial charge in [0.05, 0.1) is 0 Å². The molecule has 0 bridgehead atoms. The number of thiocarbonyl (C=S) groups is 1. The van der Waals surface area contributed by atoms with Crippen LogP contribution in [-0.4, -0.2) is 40.2 Å². The highest BCUT2D eigenvalue weighted by atomic mass is 32.1. The van der Waals surface area contributed by atoms with Gasteiger partial charge in [-0.2, -0.15) is 0 Å². The zero-order chi connectivity index (χ0) is 9.14. The zero-order valence-corrected chi connectivity index (χ0v) is 7.52. The molecule has 1 aliphatic heterocycles. The summed E-state index contributed by atoms with van der Waals surface area (Å²) in [7, 11) is 0. The Kier molecular flexibility index (Phi) is 2.83. The number of nitrogens with zero attached hydrogens (tertiary/aromatic N) is 1.